The molecule has 1 unspecified atom stereocenters. The molecule has 2 nitrogen and oxygen atoms in total. The van der Waals surface area contributed by atoms with Gasteiger partial charge in [-0.25, -0.2) is 0 Å². The van der Waals surface area contributed by atoms with Crippen LogP contribution in [-0.2, 0) is 0 Å². The maximum Gasteiger partial charge on any atom is 0.141 e. The van der Waals surface area contributed by atoms with E-state index in [0.29, 0.717) is 0 Å². The molecule has 0 heterocycles. The number of ether oxygens (including phenoxy) is 1. The lowest BCUT2D eigenvalue weighted by Crippen LogP contribution is -2.10. The predicted octanol–water partition coefficient (Wildman–Crippen LogP) is 5.33. The molecule has 2 aromatic carbocycles. The highest BCUT2D eigenvalue weighted by molar-refractivity contribution is 9.10. The molecule has 2 rings (SSSR count). The van der Waals surface area contributed by atoms with Crippen molar-refractivity contribution in [1.82, 2.24) is 0 Å². The largest absolute Gasteiger partial charge is 0.495 e. The van der Waals surface area contributed by atoms with Gasteiger partial charge in [-0.15, -0.1) is 0 Å². The van der Waals surface area contributed by atoms with E-state index in [1.165, 1.54) is 11.1 Å². The van der Waals surface area contributed by atoms with Gasteiger partial charge in [-0.1, -0.05) is 41.1 Å². The van der Waals surface area contributed by atoms with Crippen LogP contribution < -0.4 is 10.1 Å². The molecule has 0 spiro atoms. The fourth-order valence-electron chi connectivity index (χ4n) is 2.27. The number of benzene rings is 2. The van der Waals surface area contributed by atoms with Gasteiger partial charge in [-0.2, -0.15) is 0 Å². The second kappa shape index (κ2) is 6.80. The molecule has 0 fully saturated rings. The minimum Gasteiger partial charge on any atom is -0.495 e. The van der Waals surface area contributed by atoms with Gasteiger partial charge in [0.1, 0.15) is 5.75 Å². The topological polar surface area (TPSA) is 21.3 Å². The number of aryl methyl sites for hydroxylation is 1. The number of nitrogens with one attached hydrogen (secondary N) is 1. The summed E-state index contributed by atoms with van der Waals surface area (Å²) >= 11 is 3.53. The minimum absolute atomic E-state index is 0.267. The van der Waals surface area contributed by atoms with Crippen molar-refractivity contribution in [3.63, 3.8) is 0 Å². The zero-order chi connectivity index (χ0) is 14.5. The van der Waals surface area contributed by atoms with Gasteiger partial charge in [0.2, 0.25) is 0 Å². The first-order valence-electron chi connectivity index (χ1n) is 6.80. The number of hydrogen-bond donors (Lipinski definition) is 1. The van der Waals surface area contributed by atoms with E-state index in [1.54, 1.807) is 7.11 Å². The lowest BCUT2D eigenvalue weighted by molar-refractivity contribution is 0.416. The Balaban J connectivity index is 2.28. The third kappa shape index (κ3) is 3.54. The van der Waals surface area contributed by atoms with Gasteiger partial charge in [0.05, 0.1) is 18.8 Å². The fraction of sp³-hybridized carbons (Fsp3) is 0.294. The van der Waals surface area contributed by atoms with Crippen LogP contribution in [0.1, 0.15) is 30.5 Å². The highest BCUT2D eigenvalue weighted by Gasteiger charge is 2.12. The summed E-state index contributed by atoms with van der Waals surface area (Å²) < 4.78 is 6.54. The first-order chi connectivity index (χ1) is 9.63. The molecule has 0 bridgehead atoms. The van der Waals surface area contributed by atoms with Gasteiger partial charge in [0.25, 0.3) is 0 Å². The molecule has 0 aliphatic heterocycles. The van der Waals surface area contributed by atoms with E-state index in [0.717, 1.165) is 22.3 Å². The van der Waals surface area contributed by atoms with Crippen LogP contribution in [0.2, 0.25) is 0 Å². The zero-order valence-electron chi connectivity index (χ0n) is 12.1. The number of anilines is 1. The molecule has 2 aromatic rings. The highest BCUT2D eigenvalue weighted by Crippen LogP contribution is 2.31. The minimum atomic E-state index is 0.267. The fourth-order valence-corrected chi connectivity index (χ4v) is 2.68. The van der Waals surface area contributed by atoms with E-state index in [2.05, 4.69) is 65.4 Å². The van der Waals surface area contributed by atoms with Crippen LogP contribution in [0.5, 0.6) is 5.75 Å². The average molecular weight is 334 g/mol. The third-order valence-electron chi connectivity index (χ3n) is 3.34. The third-order valence-corrected chi connectivity index (χ3v) is 3.84. The second-order valence-corrected chi connectivity index (χ2v) is 5.78. The number of rotatable bonds is 5. The van der Waals surface area contributed by atoms with Gasteiger partial charge >= 0.3 is 0 Å². The van der Waals surface area contributed by atoms with Crippen LogP contribution in [0.4, 0.5) is 5.69 Å². The summed E-state index contributed by atoms with van der Waals surface area (Å²) in [4.78, 5) is 0. The summed E-state index contributed by atoms with van der Waals surface area (Å²) in [5.41, 5.74) is 3.53. The zero-order valence-corrected chi connectivity index (χ0v) is 13.7. The Kier molecular flexibility index (Phi) is 5.07. The smallest absolute Gasteiger partial charge is 0.141 e. The number of hydrogen-bond acceptors (Lipinski definition) is 2. The van der Waals surface area contributed by atoms with E-state index in [9.17, 15) is 0 Å². The van der Waals surface area contributed by atoms with E-state index >= 15 is 0 Å². The maximum atomic E-state index is 5.43. The van der Waals surface area contributed by atoms with Gasteiger partial charge in [0.15, 0.2) is 0 Å². The van der Waals surface area contributed by atoms with Crippen LogP contribution in [0, 0.1) is 6.92 Å². The van der Waals surface area contributed by atoms with Gasteiger partial charge < -0.3 is 10.1 Å². The Bertz CT molecular complexity index is 583. The van der Waals surface area contributed by atoms with Gasteiger partial charge in [-0.05, 0) is 48.7 Å². The molecule has 3 heteroatoms. The monoisotopic (exact) mass is 333 g/mol. The Morgan fingerprint density at radius 2 is 2.00 bits per heavy atom. The number of methoxy groups -OCH3 is 1. The maximum absolute atomic E-state index is 5.43. The van der Waals surface area contributed by atoms with E-state index in [-0.39, 0.29) is 6.04 Å². The summed E-state index contributed by atoms with van der Waals surface area (Å²) in [6.45, 7) is 4.27. The van der Waals surface area contributed by atoms with Crippen molar-refractivity contribution in [1.29, 1.82) is 0 Å². The standard InChI is InChI=1S/C17H20BrNO/c1-4-15(13-6-5-7-14(18)11-13)19-16-10-12(2)8-9-17(16)20-3/h5-11,15,19H,4H2,1-3H3. The van der Waals surface area contributed by atoms with Crippen LogP contribution in [0.15, 0.2) is 46.9 Å². The Labute approximate surface area is 129 Å². The Morgan fingerprint density at radius 3 is 2.65 bits per heavy atom. The normalized spacial score (nSPS) is 12.0. The summed E-state index contributed by atoms with van der Waals surface area (Å²) in [7, 11) is 1.70. The molecule has 0 aromatic heterocycles. The molecule has 106 valence electrons. The summed E-state index contributed by atoms with van der Waals surface area (Å²) in [6, 6.07) is 14.9. The summed E-state index contributed by atoms with van der Waals surface area (Å²) in [5, 5.41) is 3.59. The van der Waals surface area contributed by atoms with Crippen molar-refractivity contribution in [2.45, 2.75) is 26.3 Å². The Morgan fingerprint density at radius 1 is 1.20 bits per heavy atom. The second-order valence-electron chi connectivity index (χ2n) is 4.86. The Hall–Kier alpha value is -1.48. The molecule has 0 amide bonds. The molecular weight excluding hydrogens is 314 g/mol. The van der Waals surface area contributed by atoms with Crippen LogP contribution >= 0.6 is 15.9 Å². The highest BCUT2D eigenvalue weighted by atomic mass is 79.9. The van der Waals surface area contributed by atoms with Crippen molar-refractivity contribution < 1.29 is 4.74 Å². The first kappa shape index (κ1) is 14.9. The summed E-state index contributed by atoms with van der Waals surface area (Å²) in [6.07, 6.45) is 1.01. The van der Waals surface area contributed by atoms with E-state index in [1.807, 2.05) is 12.1 Å². The van der Waals surface area contributed by atoms with Crippen LogP contribution in [0.25, 0.3) is 0 Å². The molecule has 0 saturated heterocycles. The summed E-state index contributed by atoms with van der Waals surface area (Å²) in [5.74, 6) is 0.879. The molecule has 0 aliphatic carbocycles. The lowest BCUT2D eigenvalue weighted by atomic mass is 10.0. The molecule has 0 aliphatic rings. The van der Waals surface area contributed by atoms with Crippen molar-refractivity contribution in [2.24, 2.45) is 0 Å². The van der Waals surface area contributed by atoms with Crippen LogP contribution in [0.3, 0.4) is 0 Å². The SMILES string of the molecule is CCC(Nc1cc(C)ccc1OC)c1cccc(Br)c1. The molecule has 0 radical (unpaired) electrons. The number of halogens is 1. The quantitative estimate of drug-likeness (QED) is 0.798. The van der Waals surface area contributed by atoms with E-state index < -0.39 is 0 Å². The van der Waals surface area contributed by atoms with Crippen LogP contribution in [-0.4, -0.2) is 7.11 Å². The average Bonchev–Trinajstić information content (AvgIpc) is 2.45. The van der Waals surface area contributed by atoms with Gasteiger partial charge in [0, 0.05) is 4.47 Å². The van der Waals surface area contributed by atoms with Gasteiger partial charge in [-0.3, -0.25) is 0 Å². The van der Waals surface area contributed by atoms with E-state index in [4.69, 9.17) is 4.74 Å². The van der Waals surface area contributed by atoms with Crippen molar-refractivity contribution >= 4 is 21.6 Å². The van der Waals surface area contributed by atoms with Crippen molar-refractivity contribution in [3.8, 4) is 5.75 Å². The molecule has 0 saturated carbocycles. The first-order valence-corrected chi connectivity index (χ1v) is 7.60. The molecule has 1 atom stereocenters. The van der Waals surface area contributed by atoms with Crippen molar-refractivity contribution in [3.05, 3.63) is 58.1 Å². The molecule has 20 heavy (non-hydrogen) atoms. The van der Waals surface area contributed by atoms with Crippen molar-refractivity contribution in [2.75, 3.05) is 12.4 Å². The molecular formula is C17H20BrNO. The molecule has 1 N–H and O–H groups in total. The lowest BCUT2D eigenvalue weighted by Gasteiger charge is -2.21. The predicted molar refractivity (Wildman–Crippen MR) is 88.5 cm³/mol.